The highest BCUT2D eigenvalue weighted by Gasteiger charge is 2.43. The van der Waals surface area contributed by atoms with Crippen LogP contribution in [-0.4, -0.2) is 83.7 Å². The summed E-state index contributed by atoms with van der Waals surface area (Å²) >= 11 is 0. The Morgan fingerprint density at radius 2 is 1.45 bits per heavy atom. The van der Waals surface area contributed by atoms with E-state index < -0.39 is 77.5 Å². The van der Waals surface area contributed by atoms with Crippen LogP contribution in [0.2, 0.25) is 0 Å². The maximum absolute atomic E-state index is 14.6. The van der Waals surface area contributed by atoms with E-state index in [-0.39, 0.29) is 76.7 Å². The molecule has 1 aliphatic rings. The highest BCUT2D eigenvalue weighted by molar-refractivity contribution is 6.38. The number of hydrogen-bond donors (Lipinski definition) is 3. The average Bonchev–Trinajstić information content (AvgIpc) is 3.71. The minimum atomic E-state index is -1.12. The number of benzene rings is 3. The second-order valence-corrected chi connectivity index (χ2v) is 16.2. The van der Waals surface area contributed by atoms with Crippen LogP contribution in [0.15, 0.2) is 91.0 Å². The Balaban J connectivity index is 1.48. The van der Waals surface area contributed by atoms with Crippen molar-refractivity contribution in [2.45, 2.75) is 103 Å². The number of nitrogens with zero attached hydrogens (tertiary/aromatic N) is 1. The predicted molar refractivity (Wildman–Crippen MR) is 231 cm³/mol. The number of carbonyl (C=O) groups is 8. The van der Waals surface area contributed by atoms with Crippen LogP contribution in [0, 0.1) is 17.8 Å². The quantitative estimate of drug-likeness (QED) is 0.0545. The number of nitrogens with one attached hydrogen (secondary N) is 2. The summed E-state index contributed by atoms with van der Waals surface area (Å²) in [5.41, 5.74) is 7.37. The van der Waals surface area contributed by atoms with Crippen LogP contribution in [0.1, 0.15) is 106 Å². The number of ketones is 3. The van der Waals surface area contributed by atoms with Gasteiger partial charge in [-0.15, -0.1) is 0 Å². The van der Waals surface area contributed by atoms with Gasteiger partial charge in [-0.25, -0.2) is 0 Å². The number of hydrogen-bond acceptors (Lipinski definition) is 10. The summed E-state index contributed by atoms with van der Waals surface area (Å²) in [7, 11) is 0. The van der Waals surface area contributed by atoms with Crippen LogP contribution >= 0.6 is 0 Å². The number of primary amides is 1. The van der Waals surface area contributed by atoms with E-state index in [1.165, 1.54) is 4.90 Å². The first-order valence-corrected chi connectivity index (χ1v) is 21.5. The lowest BCUT2D eigenvalue weighted by Crippen LogP contribution is -2.45. The monoisotopic (exact) mass is 852 g/mol. The summed E-state index contributed by atoms with van der Waals surface area (Å²) < 4.78 is 11.7. The zero-order valence-electron chi connectivity index (χ0n) is 35.9. The van der Waals surface area contributed by atoms with E-state index in [4.69, 9.17) is 15.2 Å². The van der Waals surface area contributed by atoms with Gasteiger partial charge in [0.1, 0.15) is 6.04 Å². The van der Waals surface area contributed by atoms with Crippen LogP contribution in [-0.2, 0) is 49.6 Å². The van der Waals surface area contributed by atoms with Crippen molar-refractivity contribution in [2.75, 3.05) is 19.7 Å². The molecule has 3 aromatic carbocycles. The molecule has 62 heavy (non-hydrogen) atoms. The number of rotatable bonds is 26. The van der Waals surface area contributed by atoms with Crippen molar-refractivity contribution in [2.24, 2.45) is 23.5 Å². The Labute approximate surface area is 363 Å². The molecule has 0 aromatic heterocycles. The molecule has 1 saturated heterocycles. The summed E-state index contributed by atoms with van der Waals surface area (Å²) in [5, 5.41) is 5.38. The van der Waals surface area contributed by atoms with Crippen LogP contribution < -0.4 is 16.4 Å². The van der Waals surface area contributed by atoms with Crippen LogP contribution in [0.3, 0.4) is 0 Å². The van der Waals surface area contributed by atoms with Crippen molar-refractivity contribution in [1.82, 2.24) is 15.5 Å². The van der Waals surface area contributed by atoms with Gasteiger partial charge in [-0.05, 0) is 48.4 Å². The summed E-state index contributed by atoms with van der Waals surface area (Å²) in [4.78, 5) is 108. The minimum absolute atomic E-state index is 0.0556. The smallest absolute Gasteiger partial charge is 0.306 e. The fourth-order valence-corrected chi connectivity index (χ4v) is 7.39. The van der Waals surface area contributed by atoms with Gasteiger partial charge in [0.25, 0.3) is 5.91 Å². The lowest BCUT2D eigenvalue weighted by atomic mass is 9.87. The highest BCUT2D eigenvalue weighted by Crippen LogP contribution is 2.29. The van der Waals surface area contributed by atoms with Crippen molar-refractivity contribution in [1.29, 1.82) is 0 Å². The molecular weight excluding hydrogens is 793 g/mol. The van der Waals surface area contributed by atoms with E-state index in [9.17, 15) is 38.4 Å². The number of nitrogens with two attached hydrogens (primary N) is 1. The molecular formula is C48H60N4O10. The molecule has 0 saturated carbocycles. The molecule has 3 aromatic rings. The number of amides is 4. The van der Waals surface area contributed by atoms with E-state index in [1.807, 2.05) is 51.1 Å². The zero-order chi connectivity index (χ0) is 45.0. The molecule has 1 unspecified atom stereocenters. The molecule has 14 nitrogen and oxygen atoms in total. The van der Waals surface area contributed by atoms with E-state index in [0.717, 1.165) is 5.56 Å². The Morgan fingerprint density at radius 1 is 0.806 bits per heavy atom. The van der Waals surface area contributed by atoms with E-state index in [0.29, 0.717) is 24.0 Å². The zero-order valence-corrected chi connectivity index (χ0v) is 35.9. The maximum atomic E-state index is 14.6. The second kappa shape index (κ2) is 25.0. The molecule has 4 rings (SSSR count). The molecule has 332 valence electrons. The van der Waals surface area contributed by atoms with Gasteiger partial charge in [0, 0.05) is 56.2 Å². The molecule has 1 fully saturated rings. The first-order valence-electron chi connectivity index (χ1n) is 21.5. The fourth-order valence-electron chi connectivity index (χ4n) is 7.39. The maximum Gasteiger partial charge on any atom is 0.306 e. The molecule has 4 amide bonds. The topological polar surface area (TPSA) is 208 Å². The van der Waals surface area contributed by atoms with Gasteiger partial charge in [-0.3, -0.25) is 38.4 Å². The summed E-state index contributed by atoms with van der Waals surface area (Å²) in [6, 6.07) is 24.4. The SMILES string of the molecule is CCCC(CC(=O)[C@@H]1C[C@@H](OCc2ccccc2)CN1C(=O)[C@H](CCCNC(=O)c1ccccc1)CC(=O)OCC(C)C)C(=O)C(=O)CCC(=O)N[C@H](C(N)=O)c1ccccc1. The normalized spacial score (nSPS) is 16.2. The van der Waals surface area contributed by atoms with Crippen molar-refractivity contribution < 1.29 is 47.8 Å². The van der Waals surface area contributed by atoms with Gasteiger partial charge >= 0.3 is 5.97 Å². The average molecular weight is 853 g/mol. The van der Waals surface area contributed by atoms with Crippen molar-refractivity contribution in [3.63, 3.8) is 0 Å². The molecule has 0 spiro atoms. The Kier molecular flexibility index (Phi) is 19.6. The van der Waals surface area contributed by atoms with E-state index >= 15 is 0 Å². The highest BCUT2D eigenvalue weighted by atomic mass is 16.5. The largest absolute Gasteiger partial charge is 0.465 e. The van der Waals surface area contributed by atoms with Crippen LogP contribution in [0.5, 0.6) is 0 Å². The van der Waals surface area contributed by atoms with Crippen molar-refractivity contribution in [3.8, 4) is 0 Å². The summed E-state index contributed by atoms with van der Waals surface area (Å²) in [6.45, 7) is 6.31. The molecule has 5 atom stereocenters. The van der Waals surface area contributed by atoms with Crippen LogP contribution in [0.4, 0.5) is 0 Å². The molecule has 1 aliphatic heterocycles. The number of esters is 1. The molecule has 14 heteroatoms. The van der Waals surface area contributed by atoms with Gasteiger partial charge in [-0.2, -0.15) is 0 Å². The van der Waals surface area contributed by atoms with Gasteiger partial charge in [0.15, 0.2) is 11.6 Å². The lowest BCUT2D eigenvalue weighted by Gasteiger charge is -2.28. The number of ether oxygens (including phenoxy) is 2. The molecule has 4 N–H and O–H groups in total. The second-order valence-electron chi connectivity index (χ2n) is 16.2. The van der Waals surface area contributed by atoms with Crippen molar-refractivity contribution >= 4 is 46.9 Å². The van der Waals surface area contributed by atoms with Crippen molar-refractivity contribution in [3.05, 3.63) is 108 Å². The standard InChI is InChI=1S/C48H60N4O10/c1-4-15-36(45(57)40(53)23-24-42(55)51-44(46(49)58)34-18-10-6-11-19-34)26-41(54)39-28-38(61-31-33-16-8-5-9-17-33)29-52(39)48(60)37(27-43(56)62-30-32(2)3)22-14-25-50-47(59)35-20-12-7-13-21-35/h5-13,16-21,32,36-39,44H,4,14-15,22-31H2,1-3H3,(H2,49,58)(H,50,59)(H,51,55)/t36?,37-,38-,39+,44+/m1/s1. The summed E-state index contributed by atoms with van der Waals surface area (Å²) in [5.74, 6) is -6.58. The van der Waals surface area contributed by atoms with Crippen LogP contribution in [0.25, 0.3) is 0 Å². The van der Waals surface area contributed by atoms with Gasteiger partial charge in [-0.1, -0.05) is 106 Å². The Morgan fingerprint density at radius 3 is 2.08 bits per heavy atom. The molecule has 0 aliphatic carbocycles. The predicted octanol–water partition coefficient (Wildman–Crippen LogP) is 5.23. The molecule has 0 radical (unpaired) electrons. The number of likely N-dealkylation sites (tertiary alicyclic amines) is 1. The third-order valence-electron chi connectivity index (χ3n) is 10.7. The van der Waals surface area contributed by atoms with Gasteiger partial charge < -0.3 is 30.7 Å². The Hall–Kier alpha value is -6.02. The molecule has 1 heterocycles. The minimum Gasteiger partial charge on any atom is -0.465 e. The summed E-state index contributed by atoms with van der Waals surface area (Å²) in [6.07, 6.45) is -0.534. The third-order valence-corrected chi connectivity index (χ3v) is 10.7. The first-order chi connectivity index (χ1) is 29.8. The van der Waals surface area contributed by atoms with E-state index in [2.05, 4.69) is 10.6 Å². The number of carbonyl (C=O) groups excluding carboxylic acids is 8. The number of Topliss-reactive ketones (excluding diaryl/α,β-unsaturated/α-hetero) is 3. The van der Waals surface area contributed by atoms with E-state index in [1.54, 1.807) is 60.7 Å². The first kappa shape index (κ1) is 48.6. The fraction of sp³-hybridized carbons (Fsp3) is 0.458. The third kappa shape index (κ3) is 15.5. The van der Waals surface area contributed by atoms with Gasteiger partial charge in [0.2, 0.25) is 23.5 Å². The Bertz CT molecular complexity index is 1970. The lowest BCUT2D eigenvalue weighted by molar-refractivity contribution is -0.151. The molecule has 0 bridgehead atoms. The van der Waals surface area contributed by atoms with Gasteiger partial charge in [0.05, 0.1) is 31.8 Å².